The summed E-state index contributed by atoms with van der Waals surface area (Å²) in [5.74, 6) is 0.918. The van der Waals surface area contributed by atoms with E-state index in [1.807, 2.05) is 113 Å². The fourth-order valence-electron chi connectivity index (χ4n) is 4.69. The van der Waals surface area contributed by atoms with Gasteiger partial charge in [0.1, 0.15) is 11.5 Å². The Morgan fingerprint density at radius 1 is 0.525 bits per heavy atom. The first-order chi connectivity index (χ1) is 19.3. The van der Waals surface area contributed by atoms with E-state index >= 15 is 0 Å². The predicted octanol–water partition coefficient (Wildman–Crippen LogP) is 6.44. The number of benzene rings is 4. The van der Waals surface area contributed by atoms with Crippen LogP contribution < -0.4 is 19.3 Å². The van der Waals surface area contributed by atoms with Gasteiger partial charge < -0.3 is 19.3 Å². The van der Waals surface area contributed by atoms with Crippen LogP contribution in [0.25, 0.3) is 0 Å². The lowest BCUT2D eigenvalue weighted by molar-refractivity contribution is -0.122. The maximum absolute atomic E-state index is 13.5. The standard InChI is InChI=1S/C34H36N2O4/c1-25-17-26(2)20-31(19-25)39-23-33(37)35(29-11-7-5-8-12-29)15-16-36(30-13-9-6-10-14-30)34(38)24-40-32-21-27(3)18-28(4)22-32/h5-14,17-22H,15-16,23-24H2,1-4H3. The van der Waals surface area contributed by atoms with Crippen molar-refractivity contribution < 1.29 is 19.1 Å². The van der Waals surface area contributed by atoms with Gasteiger partial charge in [0.15, 0.2) is 13.2 Å². The van der Waals surface area contributed by atoms with Crippen LogP contribution in [0.3, 0.4) is 0 Å². The molecule has 0 aliphatic rings. The van der Waals surface area contributed by atoms with Crippen LogP contribution in [0.4, 0.5) is 11.4 Å². The lowest BCUT2D eigenvalue weighted by atomic mass is 10.1. The number of rotatable bonds is 11. The van der Waals surface area contributed by atoms with Crippen molar-refractivity contribution in [1.29, 1.82) is 0 Å². The summed E-state index contributed by atoms with van der Waals surface area (Å²) < 4.78 is 11.8. The molecule has 0 aromatic heterocycles. The Kier molecular flexibility index (Phi) is 9.57. The molecule has 4 rings (SSSR count). The molecule has 0 unspecified atom stereocenters. The van der Waals surface area contributed by atoms with Crippen LogP contribution in [-0.2, 0) is 9.59 Å². The molecule has 0 aliphatic heterocycles. The van der Waals surface area contributed by atoms with Crippen LogP contribution in [0.5, 0.6) is 11.5 Å². The Morgan fingerprint density at radius 2 is 0.850 bits per heavy atom. The fraction of sp³-hybridized carbons (Fsp3) is 0.235. The van der Waals surface area contributed by atoms with Gasteiger partial charge in [-0.3, -0.25) is 9.59 Å². The highest BCUT2D eigenvalue weighted by Crippen LogP contribution is 2.20. The first-order valence-corrected chi connectivity index (χ1v) is 13.4. The van der Waals surface area contributed by atoms with Crippen molar-refractivity contribution in [3.05, 3.63) is 119 Å². The Bertz CT molecular complexity index is 1290. The van der Waals surface area contributed by atoms with Gasteiger partial charge in [-0.05, 0) is 98.5 Å². The van der Waals surface area contributed by atoms with Gasteiger partial charge in [-0.25, -0.2) is 0 Å². The monoisotopic (exact) mass is 536 g/mol. The smallest absolute Gasteiger partial charge is 0.264 e. The molecule has 0 N–H and O–H groups in total. The molecule has 40 heavy (non-hydrogen) atoms. The van der Waals surface area contributed by atoms with Gasteiger partial charge in [0, 0.05) is 24.5 Å². The molecule has 0 saturated carbocycles. The molecule has 0 fully saturated rings. The highest BCUT2D eigenvalue weighted by molar-refractivity contribution is 5.96. The van der Waals surface area contributed by atoms with E-state index < -0.39 is 0 Å². The third-order valence-electron chi connectivity index (χ3n) is 6.40. The van der Waals surface area contributed by atoms with E-state index in [4.69, 9.17) is 9.47 Å². The van der Waals surface area contributed by atoms with E-state index in [9.17, 15) is 9.59 Å². The molecule has 0 saturated heterocycles. The van der Waals surface area contributed by atoms with E-state index in [0.717, 1.165) is 33.6 Å². The highest BCUT2D eigenvalue weighted by Gasteiger charge is 2.22. The maximum atomic E-state index is 13.5. The van der Waals surface area contributed by atoms with E-state index in [2.05, 4.69) is 12.1 Å². The van der Waals surface area contributed by atoms with Gasteiger partial charge in [0.05, 0.1) is 0 Å². The second kappa shape index (κ2) is 13.5. The van der Waals surface area contributed by atoms with Crippen LogP contribution >= 0.6 is 0 Å². The normalized spacial score (nSPS) is 10.6. The summed E-state index contributed by atoms with van der Waals surface area (Å²) in [7, 11) is 0. The first-order valence-electron chi connectivity index (χ1n) is 13.4. The Hall–Kier alpha value is -4.58. The van der Waals surface area contributed by atoms with Gasteiger partial charge in [-0.1, -0.05) is 48.5 Å². The SMILES string of the molecule is Cc1cc(C)cc(OCC(=O)N(CCN(C(=O)COc2cc(C)cc(C)c2)c2ccccc2)c2ccccc2)c1. The summed E-state index contributed by atoms with van der Waals surface area (Å²) >= 11 is 0. The lowest BCUT2D eigenvalue weighted by Gasteiger charge is -2.28. The van der Waals surface area contributed by atoms with E-state index in [0.29, 0.717) is 11.5 Å². The topological polar surface area (TPSA) is 59.1 Å². The molecule has 4 aromatic carbocycles. The zero-order valence-corrected chi connectivity index (χ0v) is 23.6. The molecule has 206 valence electrons. The average molecular weight is 537 g/mol. The second-order valence-electron chi connectivity index (χ2n) is 9.99. The number of hydrogen-bond donors (Lipinski definition) is 0. The number of para-hydroxylation sites is 2. The molecule has 0 heterocycles. The molecule has 4 aromatic rings. The van der Waals surface area contributed by atoms with Crippen molar-refractivity contribution >= 4 is 23.2 Å². The van der Waals surface area contributed by atoms with Gasteiger partial charge >= 0.3 is 0 Å². The third-order valence-corrected chi connectivity index (χ3v) is 6.40. The number of carbonyl (C=O) groups is 2. The van der Waals surface area contributed by atoms with Crippen LogP contribution in [0.2, 0.25) is 0 Å². The van der Waals surface area contributed by atoms with Crippen molar-refractivity contribution in [2.75, 3.05) is 36.1 Å². The minimum Gasteiger partial charge on any atom is -0.484 e. The molecule has 6 heteroatoms. The molecule has 0 radical (unpaired) electrons. The number of carbonyl (C=O) groups excluding carboxylic acids is 2. The zero-order chi connectivity index (χ0) is 28.5. The van der Waals surface area contributed by atoms with Crippen molar-refractivity contribution in [3.63, 3.8) is 0 Å². The molecule has 6 nitrogen and oxygen atoms in total. The van der Waals surface area contributed by atoms with Gasteiger partial charge in [-0.15, -0.1) is 0 Å². The van der Waals surface area contributed by atoms with Crippen molar-refractivity contribution in [2.24, 2.45) is 0 Å². The molecule has 0 atom stereocenters. The van der Waals surface area contributed by atoms with Crippen molar-refractivity contribution in [3.8, 4) is 11.5 Å². The van der Waals surface area contributed by atoms with Crippen LogP contribution in [0.15, 0.2) is 97.1 Å². The fourth-order valence-corrected chi connectivity index (χ4v) is 4.69. The summed E-state index contributed by atoms with van der Waals surface area (Å²) in [6, 6.07) is 30.7. The number of aryl methyl sites for hydroxylation is 4. The van der Waals surface area contributed by atoms with E-state index in [-0.39, 0.29) is 38.1 Å². The van der Waals surface area contributed by atoms with Crippen LogP contribution in [0, 0.1) is 27.7 Å². The van der Waals surface area contributed by atoms with E-state index in [1.54, 1.807) is 9.80 Å². The van der Waals surface area contributed by atoms with Gasteiger partial charge in [0.25, 0.3) is 11.8 Å². The lowest BCUT2D eigenvalue weighted by Crippen LogP contribution is -2.44. The number of ether oxygens (including phenoxy) is 2. The number of anilines is 2. The summed E-state index contributed by atoms with van der Waals surface area (Å²) in [6.07, 6.45) is 0. The summed E-state index contributed by atoms with van der Waals surface area (Å²) in [5.41, 5.74) is 5.77. The maximum Gasteiger partial charge on any atom is 0.264 e. The average Bonchev–Trinajstić information content (AvgIpc) is 2.93. The Balaban J connectivity index is 1.50. The molecular formula is C34H36N2O4. The molecule has 2 amide bonds. The number of hydrogen-bond acceptors (Lipinski definition) is 4. The summed E-state index contributed by atoms with van der Waals surface area (Å²) in [5, 5.41) is 0. The Morgan fingerprint density at radius 3 is 1.18 bits per heavy atom. The van der Waals surface area contributed by atoms with E-state index in [1.165, 1.54) is 0 Å². The molecule has 0 aliphatic carbocycles. The number of nitrogens with zero attached hydrogens (tertiary/aromatic N) is 2. The van der Waals surface area contributed by atoms with Gasteiger partial charge in [-0.2, -0.15) is 0 Å². The molecule has 0 bridgehead atoms. The summed E-state index contributed by atoms with van der Waals surface area (Å²) in [4.78, 5) is 30.2. The molecular weight excluding hydrogens is 500 g/mol. The van der Waals surface area contributed by atoms with Crippen molar-refractivity contribution in [1.82, 2.24) is 0 Å². The minimum atomic E-state index is -0.197. The quantitative estimate of drug-likeness (QED) is 0.221. The Labute approximate surface area is 236 Å². The van der Waals surface area contributed by atoms with Crippen LogP contribution in [0.1, 0.15) is 22.3 Å². The second-order valence-corrected chi connectivity index (χ2v) is 9.99. The predicted molar refractivity (Wildman–Crippen MR) is 160 cm³/mol. The third kappa shape index (κ3) is 7.96. The summed E-state index contributed by atoms with van der Waals surface area (Å²) in [6.45, 7) is 8.31. The zero-order valence-electron chi connectivity index (χ0n) is 23.6. The highest BCUT2D eigenvalue weighted by atomic mass is 16.5. The molecule has 0 spiro atoms. The first kappa shape index (κ1) is 28.4. The van der Waals surface area contributed by atoms with Crippen molar-refractivity contribution in [2.45, 2.75) is 27.7 Å². The largest absolute Gasteiger partial charge is 0.484 e. The van der Waals surface area contributed by atoms with Gasteiger partial charge in [0.2, 0.25) is 0 Å². The van der Waals surface area contributed by atoms with Crippen LogP contribution in [-0.4, -0.2) is 38.1 Å². The minimum absolute atomic E-state index is 0.118. The number of amides is 2.